The summed E-state index contributed by atoms with van der Waals surface area (Å²) >= 11 is 5.89. The van der Waals surface area contributed by atoms with Gasteiger partial charge in [0.2, 0.25) is 0 Å². The van der Waals surface area contributed by atoms with Crippen molar-refractivity contribution in [2.24, 2.45) is 0 Å². The Kier molecular flexibility index (Phi) is 5.64. The van der Waals surface area contributed by atoms with Crippen LogP contribution >= 0.6 is 11.6 Å². The molecule has 1 aromatic rings. The zero-order valence-electron chi connectivity index (χ0n) is 13.3. The predicted molar refractivity (Wildman–Crippen MR) is 87.3 cm³/mol. The van der Waals surface area contributed by atoms with E-state index in [4.69, 9.17) is 11.6 Å². The van der Waals surface area contributed by atoms with E-state index >= 15 is 0 Å². The summed E-state index contributed by atoms with van der Waals surface area (Å²) < 4.78 is 14.4. The molecule has 1 aliphatic heterocycles. The highest BCUT2D eigenvalue weighted by Gasteiger charge is 2.37. The maximum absolute atomic E-state index is 14.4. The molecule has 4 heteroatoms. The van der Waals surface area contributed by atoms with Crippen molar-refractivity contribution in [2.75, 3.05) is 19.6 Å². The number of hydrogen-bond donors (Lipinski definition) is 1. The second-order valence-electron chi connectivity index (χ2n) is 6.36. The molecule has 0 amide bonds. The van der Waals surface area contributed by atoms with Gasteiger partial charge in [0, 0.05) is 16.1 Å². The topological polar surface area (TPSA) is 15.3 Å². The van der Waals surface area contributed by atoms with Crippen LogP contribution in [0.1, 0.15) is 51.6 Å². The molecule has 1 fully saturated rings. The summed E-state index contributed by atoms with van der Waals surface area (Å²) in [5.74, 6) is -0.224. The molecule has 2 rings (SSSR count). The Morgan fingerprint density at radius 2 is 1.95 bits per heavy atom. The number of hydrogen-bond acceptors (Lipinski definition) is 2. The zero-order chi connectivity index (χ0) is 15.5. The van der Waals surface area contributed by atoms with Gasteiger partial charge in [-0.1, -0.05) is 31.0 Å². The number of nitrogens with one attached hydrogen (secondary N) is 1. The van der Waals surface area contributed by atoms with Crippen LogP contribution in [0.2, 0.25) is 5.02 Å². The molecule has 0 spiro atoms. The normalized spacial score (nSPS) is 18.7. The minimum absolute atomic E-state index is 0.0436. The van der Waals surface area contributed by atoms with Crippen LogP contribution in [-0.2, 0) is 0 Å². The van der Waals surface area contributed by atoms with Gasteiger partial charge in [-0.3, -0.25) is 4.90 Å². The van der Waals surface area contributed by atoms with Crippen LogP contribution in [0, 0.1) is 5.82 Å². The summed E-state index contributed by atoms with van der Waals surface area (Å²) in [5, 5.41) is 3.92. The summed E-state index contributed by atoms with van der Waals surface area (Å²) in [6, 6.07) is 4.96. The first-order chi connectivity index (χ1) is 9.96. The van der Waals surface area contributed by atoms with Crippen LogP contribution in [-0.4, -0.2) is 30.1 Å². The minimum atomic E-state index is -0.224. The van der Waals surface area contributed by atoms with Crippen LogP contribution in [0.3, 0.4) is 0 Å². The molecule has 0 saturated carbocycles. The van der Waals surface area contributed by atoms with Crippen molar-refractivity contribution in [3.8, 4) is 0 Å². The van der Waals surface area contributed by atoms with Crippen molar-refractivity contribution in [3.63, 3.8) is 0 Å². The largest absolute Gasteiger partial charge is 0.309 e. The van der Waals surface area contributed by atoms with E-state index in [0.717, 1.165) is 19.6 Å². The molecule has 2 nitrogen and oxygen atoms in total. The van der Waals surface area contributed by atoms with E-state index < -0.39 is 0 Å². The monoisotopic (exact) mass is 312 g/mol. The van der Waals surface area contributed by atoms with Crippen molar-refractivity contribution >= 4 is 11.6 Å². The number of likely N-dealkylation sites (N-methyl/N-ethyl adjacent to an activating group) is 1. The molecule has 0 aliphatic carbocycles. The molecule has 0 radical (unpaired) electrons. The average Bonchev–Trinajstić information content (AvgIpc) is 2.46. The van der Waals surface area contributed by atoms with Gasteiger partial charge in [0.05, 0.1) is 6.04 Å². The molecule has 1 aromatic carbocycles. The molecular weight excluding hydrogens is 287 g/mol. The third kappa shape index (κ3) is 3.77. The van der Waals surface area contributed by atoms with Gasteiger partial charge in [-0.2, -0.15) is 0 Å². The predicted octanol–water partition coefficient (Wildman–Crippen LogP) is 4.39. The van der Waals surface area contributed by atoms with Crippen LogP contribution in [0.5, 0.6) is 0 Å². The first kappa shape index (κ1) is 16.7. The summed E-state index contributed by atoms with van der Waals surface area (Å²) in [6.45, 7) is 9.46. The smallest absolute Gasteiger partial charge is 0.129 e. The van der Waals surface area contributed by atoms with Crippen molar-refractivity contribution in [2.45, 2.75) is 51.6 Å². The minimum Gasteiger partial charge on any atom is -0.309 e. The number of likely N-dealkylation sites (tertiary alicyclic amines) is 1. The van der Waals surface area contributed by atoms with Gasteiger partial charge < -0.3 is 5.32 Å². The summed E-state index contributed by atoms with van der Waals surface area (Å²) in [4.78, 5) is 2.48. The van der Waals surface area contributed by atoms with Gasteiger partial charge in [-0.25, -0.2) is 4.39 Å². The molecule has 1 heterocycles. The number of benzene rings is 1. The Hall–Kier alpha value is -0.640. The summed E-state index contributed by atoms with van der Waals surface area (Å²) in [5.41, 5.74) is 0.572. The number of nitrogens with zero attached hydrogens (tertiary/aromatic N) is 1. The molecule has 1 saturated heterocycles. The number of halogens is 2. The molecular formula is C17H26ClFN2. The highest BCUT2D eigenvalue weighted by molar-refractivity contribution is 6.30. The van der Waals surface area contributed by atoms with E-state index in [9.17, 15) is 4.39 Å². The lowest BCUT2D eigenvalue weighted by atomic mass is 9.85. The number of piperidine rings is 1. The van der Waals surface area contributed by atoms with Gasteiger partial charge in [0.1, 0.15) is 5.82 Å². The maximum Gasteiger partial charge on any atom is 0.129 e. The van der Waals surface area contributed by atoms with Crippen molar-refractivity contribution in [1.82, 2.24) is 10.2 Å². The van der Waals surface area contributed by atoms with Crippen LogP contribution < -0.4 is 5.32 Å². The first-order valence-electron chi connectivity index (χ1n) is 7.90. The van der Waals surface area contributed by atoms with E-state index in [0.29, 0.717) is 10.6 Å². The fourth-order valence-corrected chi connectivity index (χ4v) is 3.49. The van der Waals surface area contributed by atoms with Crippen LogP contribution in [0.4, 0.5) is 4.39 Å². The maximum atomic E-state index is 14.4. The lowest BCUT2D eigenvalue weighted by molar-refractivity contribution is 0.0601. The highest BCUT2D eigenvalue weighted by atomic mass is 35.5. The molecule has 1 aliphatic rings. The SMILES string of the molecule is CCNC(c1ccc(Cl)cc1F)C(C)(C)N1CCCCC1. The second-order valence-corrected chi connectivity index (χ2v) is 6.79. The third-order valence-electron chi connectivity index (χ3n) is 4.56. The Bertz CT molecular complexity index is 470. The van der Waals surface area contributed by atoms with E-state index in [1.807, 2.05) is 6.07 Å². The van der Waals surface area contributed by atoms with E-state index in [2.05, 4.69) is 31.0 Å². The van der Waals surface area contributed by atoms with Gasteiger partial charge in [0.15, 0.2) is 0 Å². The highest BCUT2D eigenvalue weighted by Crippen LogP contribution is 2.35. The molecule has 118 valence electrons. The Labute approximate surface area is 132 Å². The van der Waals surface area contributed by atoms with Crippen LogP contribution in [0.25, 0.3) is 0 Å². The molecule has 1 N–H and O–H groups in total. The van der Waals surface area contributed by atoms with Gasteiger partial charge in [-0.05, 0) is 58.5 Å². The quantitative estimate of drug-likeness (QED) is 0.867. The van der Waals surface area contributed by atoms with E-state index in [1.54, 1.807) is 6.07 Å². The van der Waals surface area contributed by atoms with Gasteiger partial charge in [-0.15, -0.1) is 0 Å². The Morgan fingerprint density at radius 1 is 1.29 bits per heavy atom. The fourth-order valence-electron chi connectivity index (χ4n) is 3.33. The molecule has 0 aromatic heterocycles. The van der Waals surface area contributed by atoms with Gasteiger partial charge in [0.25, 0.3) is 0 Å². The summed E-state index contributed by atoms with van der Waals surface area (Å²) in [7, 11) is 0. The van der Waals surface area contributed by atoms with E-state index in [1.165, 1.54) is 25.3 Å². The molecule has 1 atom stereocenters. The Morgan fingerprint density at radius 3 is 2.52 bits per heavy atom. The third-order valence-corrected chi connectivity index (χ3v) is 4.79. The standard InChI is InChI=1S/C17H26ClFN2/c1-4-20-16(14-9-8-13(18)12-15(14)19)17(2,3)21-10-6-5-7-11-21/h8-9,12,16,20H,4-7,10-11H2,1-3H3. The number of rotatable bonds is 5. The molecule has 0 bridgehead atoms. The fraction of sp³-hybridized carbons (Fsp3) is 0.647. The van der Waals surface area contributed by atoms with Crippen molar-refractivity contribution < 1.29 is 4.39 Å². The molecule has 1 unspecified atom stereocenters. The Balaban J connectivity index is 2.32. The van der Waals surface area contributed by atoms with Crippen molar-refractivity contribution in [1.29, 1.82) is 0 Å². The van der Waals surface area contributed by atoms with Crippen molar-refractivity contribution in [3.05, 3.63) is 34.6 Å². The second kappa shape index (κ2) is 7.08. The van der Waals surface area contributed by atoms with E-state index in [-0.39, 0.29) is 17.4 Å². The van der Waals surface area contributed by atoms with Crippen LogP contribution in [0.15, 0.2) is 18.2 Å². The first-order valence-corrected chi connectivity index (χ1v) is 8.28. The van der Waals surface area contributed by atoms with Gasteiger partial charge >= 0.3 is 0 Å². The summed E-state index contributed by atoms with van der Waals surface area (Å²) in [6.07, 6.45) is 3.75. The lowest BCUT2D eigenvalue weighted by Crippen LogP contribution is -2.54. The zero-order valence-corrected chi connectivity index (χ0v) is 14.0. The average molecular weight is 313 g/mol. The molecule has 21 heavy (non-hydrogen) atoms. The lowest BCUT2D eigenvalue weighted by Gasteiger charge is -2.46.